The number of hydrogen-bond acceptors (Lipinski definition) is 2. The average Bonchev–Trinajstić information content (AvgIpc) is 2.86. The normalized spacial score (nSPS) is 26.9. The van der Waals surface area contributed by atoms with E-state index in [0.717, 1.165) is 37.7 Å². The Hall–Kier alpha value is -1.12. The summed E-state index contributed by atoms with van der Waals surface area (Å²) in [5, 5.41) is 10.7. The van der Waals surface area contributed by atoms with Crippen molar-refractivity contribution in [1.82, 2.24) is 0 Å². The summed E-state index contributed by atoms with van der Waals surface area (Å²) in [6.45, 7) is 15.8. The molecule has 3 atom stereocenters. The number of ether oxygens (including phenoxy) is 1. The monoisotopic (exact) mass is 512 g/mol. The molecule has 0 radical (unpaired) electrons. The van der Waals surface area contributed by atoms with Gasteiger partial charge in [0, 0.05) is 0 Å². The maximum Gasteiger partial charge on any atom is 0.111 e. The van der Waals surface area contributed by atoms with Crippen molar-refractivity contribution in [2.24, 2.45) is 0 Å². The van der Waals surface area contributed by atoms with Crippen LogP contribution in [0.2, 0.25) is 0 Å². The highest BCUT2D eigenvalue weighted by atomic mass is 16.5. The lowest BCUT2D eigenvalue weighted by Crippen LogP contribution is -2.51. The molecule has 0 aromatic rings. The van der Waals surface area contributed by atoms with Gasteiger partial charge < -0.3 is 9.84 Å². The van der Waals surface area contributed by atoms with Gasteiger partial charge in [0.05, 0.1) is 11.7 Å². The Morgan fingerprint density at radius 2 is 1.51 bits per heavy atom. The van der Waals surface area contributed by atoms with E-state index in [4.69, 9.17) is 4.74 Å². The molecule has 1 fully saturated rings. The van der Waals surface area contributed by atoms with Gasteiger partial charge in [-0.25, -0.2) is 0 Å². The summed E-state index contributed by atoms with van der Waals surface area (Å²) in [4.78, 5) is 0. The fourth-order valence-electron chi connectivity index (χ4n) is 6.29. The van der Waals surface area contributed by atoms with Crippen molar-refractivity contribution in [2.75, 3.05) is 0 Å². The van der Waals surface area contributed by atoms with Crippen molar-refractivity contribution >= 4 is 0 Å². The third kappa shape index (κ3) is 9.85. The van der Waals surface area contributed by atoms with Gasteiger partial charge in [-0.15, -0.1) is 0 Å². The first-order valence-corrected chi connectivity index (χ1v) is 15.8. The second-order valence-corrected chi connectivity index (χ2v) is 12.5. The Kier molecular flexibility index (Phi) is 14.0. The number of fused-ring (bicyclic) bond motifs is 1. The van der Waals surface area contributed by atoms with E-state index in [1.807, 2.05) is 0 Å². The van der Waals surface area contributed by atoms with E-state index in [1.165, 1.54) is 93.8 Å². The predicted molar refractivity (Wildman–Crippen MR) is 162 cm³/mol. The summed E-state index contributed by atoms with van der Waals surface area (Å²) in [5.41, 5.74) is 6.36. The Labute approximate surface area is 230 Å². The molecule has 0 spiro atoms. The largest absolute Gasteiger partial charge is 0.385 e. The van der Waals surface area contributed by atoms with Gasteiger partial charge in [-0.2, -0.15) is 0 Å². The average molecular weight is 513 g/mol. The van der Waals surface area contributed by atoms with Crippen molar-refractivity contribution in [1.29, 1.82) is 0 Å². The second kappa shape index (κ2) is 16.1. The van der Waals surface area contributed by atoms with Crippen LogP contribution in [0.1, 0.15) is 158 Å². The van der Waals surface area contributed by atoms with Crippen LogP contribution in [0.25, 0.3) is 0 Å². The lowest BCUT2D eigenvalue weighted by Gasteiger charge is -2.52. The standard InChI is InChI=1S/C35H60O2/c1-8-10-12-13-14-16-25-35-31(6)30(5)33(36)27-32(35)23-26-34(7,37-35)24-18-22-29(4)21-17-20-28(3)19-15-11-9-2/h19,22,27,33,36H,8-18,20-21,23-26H2,1-7H3/b28-19+,29-22+. The van der Waals surface area contributed by atoms with Crippen molar-refractivity contribution in [3.8, 4) is 0 Å². The molecule has 1 heterocycles. The van der Waals surface area contributed by atoms with Crippen LogP contribution >= 0.6 is 0 Å². The van der Waals surface area contributed by atoms with Gasteiger partial charge in [0.15, 0.2) is 0 Å². The molecule has 0 aromatic heterocycles. The summed E-state index contributed by atoms with van der Waals surface area (Å²) >= 11 is 0. The molecule has 212 valence electrons. The summed E-state index contributed by atoms with van der Waals surface area (Å²) in [6.07, 6.45) is 27.2. The Balaban J connectivity index is 1.97. The first-order chi connectivity index (χ1) is 17.7. The fraction of sp³-hybridized carbons (Fsp3) is 0.771. The van der Waals surface area contributed by atoms with Crippen LogP contribution in [0.5, 0.6) is 0 Å². The molecular weight excluding hydrogens is 452 g/mol. The molecule has 0 aromatic carbocycles. The summed E-state index contributed by atoms with van der Waals surface area (Å²) in [7, 11) is 0. The number of unbranched alkanes of at least 4 members (excludes halogenated alkanes) is 7. The zero-order valence-corrected chi connectivity index (χ0v) is 25.7. The van der Waals surface area contributed by atoms with Crippen LogP contribution < -0.4 is 0 Å². The molecule has 1 N–H and O–H groups in total. The number of aliphatic hydroxyl groups excluding tert-OH is 1. The quantitative estimate of drug-likeness (QED) is 0.155. The smallest absolute Gasteiger partial charge is 0.111 e. The molecule has 1 saturated heterocycles. The molecule has 3 unspecified atom stereocenters. The fourth-order valence-corrected chi connectivity index (χ4v) is 6.29. The van der Waals surface area contributed by atoms with E-state index in [9.17, 15) is 5.11 Å². The molecule has 2 rings (SSSR count). The summed E-state index contributed by atoms with van der Waals surface area (Å²) in [5.74, 6) is 0. The van der Waals surface area contributed by atoms with E-state index in [2.05, 4.69) is 66.7 Å². The Morgan fingerprint density at radius 1 is 0.892 bits per heavy atom. The lowest BCUT2D eigenvalue weighted by molar-refractivity contribution is -0.145. The molecule has 2 nitrogen and oxygen atoms in total. The number of hydrogen-bond donors (Lipinski definition) is 1. The van der Waals surface area contributed by atoms with Crippen molar-refractivity contribution in [2.45, 2.75) is 175 Å². The van der Waals surface area contributed by atoms with Crippen LogP contribution in [0, 0.1) is 0 Å². The topological polar surface area (TPSA) is 29.5 Å². The first kappa shape index (κ1) is 32.1. The molecule has 2 heteroatoms. The molecular formula is C35H60O2. The van der Waals surface area contributed by atoms with Gasteiger partial charge in [-0.05, 0) is 122 Å². The minimum Gasteiger partial charge on any atom is -0.385 e. The maximum atomic E-state index is 10.7. The minimum atomic E-state index is -0.448. The first-order valence-electron chi connectivity index (χ1n) is 15.8. The van der Waals surface area contributed by atoms with Crippen LogP contribution in [-0.2, 0) is 4.74 Å². The molecule has 2 aliphatic rings. The van der Waals surface area contributed by atoms with Crippen LogP contribution in [0.4, 0.5) is 0 Å². The van der Waals surface area contributed by atoms with Crippen LogP contribution in [0.3, 0.4) is 0 Å². The summed E-state index contributed by atoms with van der Waals surface area (Å²) in [6, 6.07) is 0. The van der Waals surface area contributed by atoms with Gasteiger partial charge in [0.25, 0.3) is 0 Å². The van der Waals surface area contributed by atoms with Crippen molar-refractivity contribution < 1.29 is 9.84 Å². The third-order valence-corrected chi connectivity index (χ3v) is 9.10. The molecule has 0 bridgehead atoms. The number of aliphatic hydroxyl groups is 1. The molecule has 0 saturated carbocycles. The van der Waals surface area contributed by atoms with Crippen molar-refractivity contribution in [3.05, 3.63) is 46.1 Å². The second-order valence-electron chi connectivity index (χ2n) is 12.5. The predicted octanol–water partition coefficient (Wildman–Crippen LogP) is 10.7. The van der Waals surface area contributed by atoms with Crippen LogP contribution in [-0.4, -0.2) is 22.4 Å². The zero-order chi connectivity index (χ0) is 27.3. The molecule has 1 aliphatic carbocycles. The molecule has 0 amide bonds. The van der Waals surface area contributed by atoms with Gasteiger partial charge in [-0.1, -0.05) is 82.1 Å². The van der Waals surface area contributed by atoms with E-state index in [0.29, 0.717) is 0 Å². The van der Waals surface area contributed by atoms with E-state index in [-0.39, 0.29) is 11.2 Å². The zero-order valence-electron chi connectivity index (χ0n) is 25.7. The third-order valence-electron chi connectivity index (χ3n) is 9.10. The van der Waals surface area contributed by atoms with Gasteiger partial charge >= 0.3 is 0 Å². The Morgan fingerprint density at radius 3 is 2.19 bits per heavy atom. The van der Waals surface area contributed by atoms with Gasteiger partial charge in [0.2, 0.25) is 0 Å². The van der Waals surface area contributed by atoms with E-state index < -0.39 is 6.10 Å². The molecule has 1 aliphatic heterocycles. The maximum absolute atomic E-state index is 10.7. The lowest BCUT2D eigenvalue weighted by atomic mass is 9.69. The SMILES string of the molecule is CCCC/C=C(\C)CCC/C(C)=C/CCC1(C)CCC2=CC(O)C(C)=C(C)C2(CCCCCCCC)O1. The highest BCUT2D eigenvalue weighted by Crippen LogP contribution is 2.51. The van der Waals surface area contributed by atoms with E-state index >= 15 is 0 Å². The highest BCUT2D eigenvalue weighted by Gasteiger charge is 2.49. The molecule has 37 heavy (non-hydrogen) atoms. The minimum absolute atomic E-state index is 0.112. The summed E-state index contributed by atoms with van der Waals surface area (Å²) < 4.78 is 7.19. The number of allylic oxidation sites excluding steroid dienone is 4. The van der Waals surface area contributed by atoms with Crippen LogP contribution in [0.15, 0.2) is 46.1 Å². The van der Waals surface area contributed by atoms with Gasteiger partial charge in [0.1, 0.15) is 5.60 Å². The Bertz CT molecular complexity index is 813. The van der Waals surface area contributed by atoms with E-state index in [1.54, 1.807) is 5.57 Å². The van der Waals surface area contributed by atoms with Crippen molar-refractivity contribution in [3.63, 3.8) is 0 Å². The number of rotatable bonds is 17. The van der Waals surface area contributed by atoms with Gasteiger partial charge in [-0.3, -0.25) is 0 Å². The highest BCUT2D eigenvalue weighted by molar-refractivity contribution is 5.44.